The van der Waals surface area contributed by atoms with E-state index in [9.17, 15) is 24.3 Å². The summed E-state index contributed by atoms with van der Waals surface area (Å²) in [6, 6.07) is 15.7. The number of alkyl carbamates (subject to hydrolysis) is 1. The van der Waals surface area contributed by atoms with Gasteiger partial charge in [0.05, 0.1) is 50.0 Å². The lowest BCUT2D eigenvalue weighted by Gasteiger charge is -2.35. The summed E-state index contributed by atoms with van der Waals surface area (Å²) in [5, 5.41) is 22.4. The second-order valence-corrected chi connectivity index (χ2v) is 15.5. The van der Waals surface area contributed by atoms with E-state index in [2.05, 4.69) is 31.1 Å². The van der Waals surface area contributed by atoms with Gasteiger partial charge in [0.2, 0.25) is 11.8 Å². The third kappa shape index (κ3) is 12.5. The number of furan rings is 1. The molecule has 1 aliphatic rings. The number of pyridine rings is 1. The van der Waals surface area contributed by atoms with Gasteiger partial charge in [-0.3, -0.25) is 20.0 Å². The first kappa shape index (κ1) is 42.8. The van der Waals surface area contributed by atoms with Crippen LogP contribution in [0, 0.1) is 38.0 Å². The molecular formula is C41H59N7O7. The van der Waals surface area contributed by atoms with E-state index in [1.165, 1.54) is 7.11 Å². The summed E-state index contributed by atoms with van der Waals surface area (Å²) < 4.78 is 10.6. The standard InChI is InChI=1S/C41H59N7O7/c1-9-26(2)37(34-21-42-39(52)48(34)22-31-17-13-14-28(4)44-31)38(51)45-33(19-30-15-11-10-12-16-30)35(49)24-47(23-32-18-27(3)29(5)55-32)46-36(50)20-41(6,7)25-43-40(53)54-8/h10-18,26,33-35,37,49H,9,19-25H2,1-8H3,(H,42,52)(H,43,53)(H,45,51)(H,46,50). The zero-order valence-electron chi connectivity index (χ0n) is 33.5. The molecule has 14 heteroatoms. The summed E-state index contributed by atoms with van der Waals surface area (Å²) in [7, 11) is 1.28. The van der Waals surface area contributed by atoms with Gasteiger partial charge in [0.25, 0.3) is 0 Å². The van der Waals surface area contributed by atoms with E-state index in [0.717, 1.165) is 28.3 Å². The summed E-state index contributed by atoms with van der Waals surface area (Å²) >= 11 is 0. The molecule has 5 atom stereocenters. The lowest BCUT2D eigenvalue weighted by atomic mass is 9.83. The van der Waals surface area contributed by atoms with Crippen LogP contribution in [-0.4, -0.2) is 88.9 Å². The van der Waals surface area contributed by atoms with Gasteiger partial charge in [-0.2, -0.15) is 0 Å². The van der Waals surface area contributed by atoms with E-state index in [1.807, 2.05) is 103 Å². The molecule has 0 aliphatic carbocycles. The molecule has 5 amide bonds. The van der Waals surface area contributed by atoms with Crippen LogP contribution in [-0.2, 0) is 33.8 Å². The Morgan fingerprint density at radius 3 is 2.49 bits per heavy atom. The van der Waals surface area contributed by atoms with Crippen LogP contribution in [0.4, 0.5) is 9.59 Å². The number of aromatic nitrogens is 1. The van der Waals surface area contributed by atoms with Crippen molar-refractivity contribution in [3.8, 4) is 0 Å². The van der Waals surface area contributed by atoms with E-state index in [0.29, 0.717) is 25.1 Å². The van der Waals surface area contributed by atoms with Crippen molar-refractivity contribution in [3.05, 3.63) is 88.6 Å². The van der Waals surface area contributed by atoms with E-state index < -0.39 is 35.6 Å². The van der Waals surface area contributed by atoms with Crippen molar-refractivity contribution >= 4 is 23.9 Å². The van der Waals surface area contributed by atoms with Crippen LogP contribution >= 0.6 is 0 Å². The minimum atomic E-state index is -1.15. The van der Waals surface area contributed by atoms with Gasteiger partial charge in [0, 0.05) is 31.7 Å². The predicted octanol–water partition coefficient (Wildman–Crippen LogP) is 4.55. The number of ether oxygens (including phenoxy) is 1. The molecule has 2 aromatic heterocycles. The largest absolute Gasteiger partial charge is 0.465 e. The van der Waals surface area contributed by atoms with Crippen LogP contribution in [0.1, 0.15) is 74.6 Å². The average molecular weight is 762 g/mol. The lowest BCUT2D eigenvalue weighted by Crippen LogP contribution is -2.56. The fourth-order valence-electron chi connectivity index (χ4n) is 6.94. The number of hydrogen-bond donors (Lipinski definition) is 5. The number of urea groups is 1. The molecule has 0 radical (unpaired) electrons. The molecule has 0 spiro atoms. The topological polar surface area (TPSA) is 178 Å². The number of carbonyl (C=O) groups is 4. The third-order valence-corrected chi connectivity index (χ3v) is 10.3. The Bertz CT molecular complexity index is 1730. The number of hydrogen-bond acceptors (Lipinski definition) is 9. The first-order valence-corrected chi connectivity index (χ1v) is 19.0. The number of aryl methyl sites for hydroxylation is 3. The maximum Gasteiger partial charge on any atom is 0.406 e. The Hall–Kier alpha value is -4.95. The quantitative estimate of drug-likeness (QED) is 0.110. The minimum Gasteiger partial charge on any atom is -0.465 e. The van der Waals surface area contributed by atoms with Crippen molar-refractivity contribution in [3.63, 3.8) is 0 Å². The van der Waals surface area contributed by atoms with Gasteiger partial charge in [0.1, 0.15) is 11.5 Å². The number of amides is 5. The van der Waals surface area contributed by atoms with Gasteiger partial charge in [-0.25, -0.2) is 14.6 Å². The summed E-state index contributed by atoms with van der Waals surface area (Å²) in [5.74, 6) is 0.0468. The van der Waals surface area contributed by atoms with Crippen LogP contribution in [0.15, 0.2) is 59.0 Å². The second kappa shape index (κ2) is 19.6. The molecule has 1 saturated heterocycles. The van der Waals surface area contributed by atoms with Crippen molar-refractivity contribution in [2.24, 2.45) is 17.3 Å². The van der Waals surface area contributed by atoms with Gasteiger partial charge in [-0.05, 0) is 67.9 Å². The molecule has 300 valence electrons. The van der Waals surface area contributed by atoms with Crippen molar-refractivity contribution in [1.82, 2.24) is 36.3 Å². The van der Waals surface area contributed by atoms with E-state index in [4.69, 9.17) is 4.42 Å². The number of benzene rings is 1. The Labute approximate surface area is 324 Å². The van der Waals surface area contributed by atoms with Gasteiger partial charge < -0.3 is 35.1 Å². The average Bonchev–Trinajstić information content (AvgIpc) is 3.65. The fraction of sp³-hybridized carbons (Fsp3) is 0.537. The molecule has 3 heterocycles. The predicted molar refractivity (Wildman–Crippen MR) is 208 cm³/mol. The summed E-state index contributed by atoms with van der Waals surface area (Å²) in [6.45, 7) is 14.3. The van der Waals surface area contributed by atoms with E-state index in [1.54, 1.807) is 9.91 Å². The lowest BCUT2D eigenvalue weighted by molar-refractivity contribution is -0.132. The Morgan fingerprint density at radius 1 is 1.13 bits per heavy atom. The molecule has 1 aliphatic heterocycles. The maximum absolute atomic E-state index is 14.5. The first-order valence-electron chi connectivity index (χ1n) is 19.0. The van der Waals surface area contributed by atoms with Crippen LogP contribution < -0.4 is 21.4 Å². The van der Waals surface area contributed by atoms with Crippen LogP contribution in [0.5, 0.6) is 0 Å². The number of aliphatic hydroxyl groups excluding tert-OH is 1. The Morgan fingerprint density at radius 2 is 1.85 bits per heavy atom. The number of carbonyl (C=O) groups excluding carboxylic acids is 4. The number of nitrogens with zero attached hydrogens (tertiary/aromatic N) is 3. The number of nitrogens with one attached hydrogen (secondary N) is 4. The highest BCUT2D eigenvalue weighted by Crippen LogP contribution is 2.28. The Balaban J connectivity index is 1.59. The van der Waals surface area contributed by atoms with E-state index in [-0.39, 0.29) is 56.4 Å². The third-order valence-electron chi connectivity index (χ3n) is 10.3. The molecule has 5 N–H and O–H groups in total. The zero-order valence-corrected chi connectivity index (χ0v) is 33.5. The number of rotatable bonds is 19. The molecular weight excluding hydrogens is 702 g/mol. The molecule has 14 nitrogen and oxygen atoms in total. The molecule has 5 unspecified atom stereocenters. The molecule has 3 aromatic rings. The maximum atomic E-state index is 14.5. The Kier molecular flexibility index (Phi) is 15.2. The first-order chi connectivity index (χ1) is 26.1. The SMILES string of the molecule is CCC(C)C(C(=O)NC(Cc1ccccc1)C(O)CN(Cc1cc(C)c(C)o1)NC(=O)CC(C)(C)CNC(=O)OC)C1CNC(=O)N1Cc1cccc(C)n1. The van der Waals surface area contributed by atoms with Crippen LogP contribution in [0.25, 0.3) is 0 Å². The second-order valence-electron chi connectivity index (χ2n) is 15.5. The smallest absolute Gasteiger partial charge is 0.406 e. The fourth-order valence-corrected chi connectivity index (χ4v) is 6.94. The molecule has 0 saturated carbocycles. The highest BCUT2D eigenvalue weighted by molar-refractivity contribution is 5.83. The zero-order chi connectivity index (χ0) is 40.3. The minimum absolute atomic E-state index is 0.0498. The molecule has 1 fully saturated rings. The monoisotopic (exact) mass is 761 g/mol. The molecule has 0 bridgehead atoms. The summed E-state index contributed by atoms with van der Waals surface area (Å²) in [6.07, 6.45) is -0.672. The van der Waals surface area contributed by atoms with Crippen molar-refractivity contribution in [2.75, 3.05) is 26.7 Å². The van der Waals surface area contributed by atoms with Crippen LogP contribution in [0.2, 0.25) is 0 Å². The number of aliphatic hydroxyl groups is 1. The van der Waals surface area contributed by atoms with Crippen molar-refractivity contribution in [2.45, 2.75) is 99.0 Å². The summed E-state index contributed by atoms with van der Waals surface area (Å²) in [4.78, 5) is 59.2. The van der Waals surface area contributed by atoms with Crippen molar-refractivity contribution < 1.29 is 33.4 Å². The molecule has 4 rings (SSSR count). The van der Waals surface area contributed by atoms with Gasteiger partial charge in [-0.15, -0.1) is 0 Å². The number of methoxy groups -OCH3 is 1. The van der Waals surface area contributed by atoms with Crippen molar-refractivity contribution in [1.29, 1.82) is 0 Å². The van der Waals surface area contributed by atoms with Gasteiger partial charge >= 0.3 is 12.1 Å². The number of hydrazine groups is 1. The summed E-state index contributed by atoms with van der Waals surface area (Å²) in [5.41, 5.74) is 5.76. The van der Waals surface area contributed by atoms with E-state index >= 15 is 0 Å². The highest BCUT2D eigenvalue weighted by Gasteiger charge is 2.43. The van der Waals surface area contributed by atoms with Gasteiger partial charge in [-0.1, -0.05) is 70.5 Å². The highest BCUT2D eigenvalue weighted by atomic mass is 16.5. The normalized spacial score (nSPS) is 16.6. The molecule has 1 aromatic carbocycles. The van der Waals surface area contributed by atoms with Gasteiger partial charge in [0.15, 0.2) is 0 Å². The van der Waals surface area contributed by atoms with Crippen LogP contribution in [0.3, 0.4) is 0 Å². The molecule has 55 heavy (non-hydrogen) atoms.